The Labute approximate surface area is 115 Å². The molecule has 1 atom stereocenters. The zero-order valence-electron chi connectivity index (χ0n) is 13.0. The van der Waals surface area contributed by atoms with Crippen LogP contribution in [0.15, 0.2) is 0 Å². The minimum absolute atomic E-state index is 0.807. The van der Waals surface area contributed by atoms with Crippen LogP contribution in [0.25, 0.3) is 0 Å². The van der Waals surface area contributed by atoms with Gasteiger partial charge in [0.2, 0.25) is 0 Å². The molecule has 0 aromatic heterocycles. The fourth-order valence-corrected chi connectivity index (χ4v) is 3.29. The molecule has 1 saturated carbocycles. The van der Waals surface area contributed by atoms with Crippen LogP contribution in [-0.4, -0.2) is 12.6 Å². The van der Waals surface area contributed by atoms with Gasteiger partial charge in [0.05, 0.1) is 0 Å². The fourth-order valence-electron chi connectivity index (χ4n) is 3.29. The first-order valence-electron chi connectivity index (χ1n) is 8.47. The molecule has 0 bridgehead atoms. The summed E-state index contributed by atoms with van der Waals surface area (Å²) in [5.41, 5.74) is 0. The molecule has 0 saturated heterocycles. The number of hydrogen-bond donors (Lipinski definition) is 1. The van der Waals surface area contributed by atoms with Crippen molar-refractivity contribution in [3.05, 3.63) is 0 Å². The first-order chi connectivity index (χ1) is 8.74. The maximum Gasteiger partial charge on any atom is 0.00953 e. The molecule has 0 radical (unpaired) electrons. The maximum atomic E-state index is 3.84. The molecule has 108 valence electrons. The highest BCUT2D eigenvalue weighted by molar-refractivity contribution is 4.78. The van der Waals surface area contributed by atoms with E-state index in [-0.39, 0.29) is 0 Å². The second kappa shape index (κ2) is 9.83. The van der Waals surface area contributed by atoms with Gasteiger partial charge in [-0.1, -0.05) is 59.3 Å². The molecule has 1 N–H and O–H groups in total. The SMILES string of the molecule is CCCNC(CCCC(C)C)C1CCCCCC1. The molecular formula is C17H35N. The normalized spacial score (nSPS) is 20.0. The summed E-state index contributed by atoms with van der Waals surface area (Å²) in [7, 11) is 0. The fraction of sp³-hybridized carbons (Fsp3) is 1.00. The molecule has 0 heterocycles. The van der Waals surface area contributed by atoms with E-state index >= 15 is 0 Å². The molecule has 0 aromatic carbocycles. The molecule has 0 aromatic rings. The number of rotatable bonds is 8. The Morgan fingerprint density at radius 2 is 1.67 bits per heavy atom. The molecule has 1 heteroatoms. The van der Waals surface area contributed by atoms with Crippen LogP contribution in [0.5, 0.6) is 0 Å². The van der Waals surface area contributed by atoms with Gasteiger partial charge in [0, 0.05) is 6.04 Å². The van der Waals surface area contributed by atoms with E-state index in [1.807, 2.05) is 0 Å². The zero-order valence-corrected chi connectivity index (χ0v) is 13.0. The van der Waals surface area contributed by atoms with Crippen LogP contribution in [-0.2, 0) is 0 Å². The summed E-state index contributed by atoms with van der Waals surface area (Å²) in [6.45, 7) is 8.19. The highest BCUT2D eigenvalue weighted by Gasteiger charge is 2.21. The summed E-state index contributed by atoms with van der Waals surface area (Å²) in [4.78, 5) is 0. The summed E-state index contributed by atoms with van der Waals surface area (Å²) in [5, 5.41) is 3.84. The molecule has 1 aliphatic rings. The van der Waals surface area contributed by atoms with E-state index in [1.165, 1.54) is 70.8 Å². The Kier molecular flexibility index (Phi) is 8.75. The lowest BCUT2D eigenvalue weighted by Crippen LogP contribution is -2.36. The lowest BCUT2D eigenvalue weighted by molar-refractivity contribution is 0.294. The predicted octanol–water partition coefficient (Wildman–Crippen LogP) is 5.15. The Morgan fingerprint density at radius 3 is 2.22 bits per heavy atom. The first-order valence-corrected chi connectivity index (χ1v) is 8.47. The summed E-state index contributed by atoms with van der Waals surface area (Å²) in [6.07, 6.45) is 14.3. The van der Waals surface area contributed by atoms with Gasteiger partial charge in [0.15, 0.2) is 0 Å². The lowest BCUT2D eigenvalue weighted by Gasteiger charge is -2.27. The van der Waals surface area contributed by atoms with E-state index in [4.69, 9.17) is 0 Å². The second-order valence-electron chi connectivity index (χ2n) is 6.64. The van der Waals surface area contributed by atoms with Gasteiger partial charge >= 0.3 is 0 Å². The van der Waals surface area contributed by atoms with E-state index < -0.39 is 0 Å². The smallest absolute Gasteiger partial charge is 0.00953 e. The summed E-state index contributed by atoms with van der Waals surface area (Å²) >= 11 is 0. The molecule has 1 unspecified atom stereocenters. The largest absolute Gasteiger partial charge is 0.314 e. The minimum Gasteiger partial charge on any atom is -0.314 e. The highest BCUT2D eigenvalue weighted by Crippen LogP contribution is 2.28. The highest BCUT2D eigenvalue weighted by atomic mass is 14.9. The van der Waals surface area contributed by atoms with Crippen molar-refractivity contribution in [3.63, 3.8) is 0 Å². The molecule has 1 aliphatic carbocycles. The Balaban J connectivity index is 2.36. The van der Waals surface area contributed by atoms with Crippen molar-refractivity contribution in [2.45, 2.75) is 91.0 Å². The van der Waals surface area contributed by atoms with Crippen LogP contribution in [0.2, 0.25) is 0 Å². The second-order valence-corrected chi connectivity index (χ2v) is 6.64. The number of nitrogens with one attached hydrogen (secondary N) is 1. The summed E-state index contributed by atoms with van der Waals surface area (Å²) < 4.78 is 0. The lowest BCUT2D eigenvalue weighted by atomic mass is 9.87. The molecule has 1 nitrogen and oxygen atoms in total. The van der Waals surface area contributed by atoms with Gasteiger partial charge in [0.25, 0.3) is 0 Å². The van der Waals surface area contributed by atoms with E-state index in [9.17, 15) is 0 Å². The first kappa shape index (κ1) is 16.0. The van der Waals surface area contributed by atoms with Crippen molar-refractivity contribution in [2.24, 2.45) is 11.8 Å². The third-order valence-corrected chi connectivity index (χ3v) is 4.42. The van der Waals surface area contributed by atoms with Gasteiger partial charge in [0.1, 0.15) is 0 Å². The van der Waals surface area contributed by atoms with Crippen molar-refractivity contribution in [1.29, 1.82) is 0 Å². The molecule has 18 heavy (non-hydrogen) atoms. The van der Waals surface area contributed by atoms with Crippen LogP contribution in [0.1, 0.15) is 85.0 Å². The monoisotopic (exact) mass is 253 g/mol. The minimum atomic E-state index is 0.807. The third-order valence-electron chi connectivity index (χ3n) is 4.42. The van der Waals surface area contributed by atoms with Gasteiger partial charge in [-0.25, -0.2) is 0 Å². The predicted molar refractivity (Wildman–Crippen MR) is 82.0 cm³/mol. The summed E-state index contributed by atoms with van der Waals surface area (Å²) in [6, 6.07) is 0.807. The van der Waals surface area contributed by atoms with Crippen molar-refractivity contribution < 1.29 is 0 Å². The summed E-state index contributed by atoms with van der Waals surface area (Å²) in [5.74, 6) is 1.83. The Morgan fingerprint density at radius 1 is 1.00 bits per heavy atom. The maximum absolute atomic E-state index is 3.84. The van der Waals surface area contributed by atoms with Crippen molar-refractivity contribution in [1.82, 2.24) is 5.32 Å². The van der Waals surface area contributed by atoms with E-state index in [0.29, 0.717) is 0 Å². The Bertz CT molecular complexity index is 180. The quantitative estimate of drug-likeness (QED) is 0.590. The molecular weight excluding hydrogens is 218 g/mol. The van der Waals surface area contributed by atoms with Gasteiger partial charge in [-0.2, -0.15) is 0 Å². The third kappa shape index (κ3) is 6.78. The van der Waals surface area contributed by atoms with Crippen molar-refractivity contribution in [3.8, 4) is 0 Å². The van der Waals surface area contributed by atoms with Crippen LogP contribution in [0.4, 0.5) is 0 Å². The Hall–Kier alpha value is -0.0400. The average Bonchev–Trinajstić information content (AvgIpc) is 2.62. The van der Waals surface area contributed by atoms with Crippen LogP contribution in [0, 0.1) is 11.8 Å². The van der Waals surface area contributed by atoms with E-state index in [0.717, 1.165) is 17.9 Å². The molecule has 0 spiro atoms. The topological polar surface area (TPSA) is 12.0 Å². The van der Waals surface area contributed by atoms with Crippen LogP contribution < -0.4 is 5.32 Å². The zero-order chi connectivity index (χ0) is 13.2. The van der Waals surface area contributed by atoms with Gasteiger partial charge < -0.3 is 5.32 Å². The van der Waals surface area contributed by atoms with Gasteiger partial charge in [-0.3, -0.25) is 0 Å². The molecule has 0 amide bonds. The van der Waals surface area contributed by atoms with E-state index in [2.05, 4.69) is 26.1 Å². The van der Waals surface area contributed by atoms with Crippen molar-refractivity contribution >= 4 is 0 Å². The van der Waals surface area contributed by atoms with Crippen LogP contribution >= 0.6 is 0 Å². The van der Waals surface area contributed by atoms with E-state index in [1.54, 1.807) is 0 Å². The van der Waals surface area contributed by atoms with Crippen LogP contribution in [0.3, 0.4) is 0 Å². The van der Waals surface area contributed by atoms with Gasteiger partial charge in [-0.15, -0.1) is 0 Å². The molecule has 0 aliphatic heterocycles. The standard InChI is InChI=1S/C17H35N/c1-4-14-18-17(13-9-10-15(2)3)16-11-7-5-6-8-12-16/h15-18H,4-14H2,1-3H3. The van der Waals surface area contributed by atoms with Crippen molar-refractivity contribution in [2.75, 3.05) is 6.54 Å². The molecule has 1 rings (SSSR count). The average molecular weight is 253 g/mol. The molecule has 1 fully saturated rings. The number of hydrogen-bond acceptors (Lipinski definition) is 1. The van der Waals surface area contributed by atoms with Gasteiger partial charge in [-0.05, 0) is 44.1 Å².